The Labute approximate surface area is 296 Å². The van der Waals surface area contributed by atoms with Crippen molar-refractivity contribution in [2.75, 3.05) is 39.3 Å². The second-order valence-corrected chi connectivity index (χ2v) is 17.0. The Morgan fingerprint density at radius 3 is 2.13 bits per heavy atom. The van der Waals surface area contributed by atoms with E-state index >= 15 is 0 Å². The van der Waals surface area contributed by atoms with Crippen molar-refractivity contribution in [3.63, 3.8) is 0 Å². The Bertz CT molecular complexity index is 1430. The summed E-state index contributed by atoms with van der Waals surface area (Å²) in [6.45, 7) is 10.9. The molecule has 1 aliphatic carbocycles. The summed E-state index contributed by atoms with van der Waals surface area (Å²) < 4.78 is 7.63. The van der Waals surface area contributed by atoms with Gasteiger partial charge >= 0.3 is 6.09 Å². The lowest BCUT2D eigenvalue weighted by atomic mass is 9.78. The van der Waals surface area contributed by atoms with Gasteiger partial charge in [0.1, 0.15) is 5.60 Å². The highest BCUT2D eigenvalue weighted by Crippen LogP contribution is 2.44. The third-order valence-electron chi connectivity index (χ3n) is 10.6. The molecule has 0 N–H and O–H groups in total. The number of carbonyl (C=O) groups is 2. The van der Waals surface area contributed by atoms with Crippen LogP contribution in [0.25, 0.3) is 0 Å². The molecule has 3 aliphatic heterocycles. The van der Waals surface area contributed by atoms with Crippen molar-refractivity contribution in [3.05, 3.63) is 60.7 Å². The maximum absolute atomic E-state index is 13.3. The SMILES string of the molecule is CC(C)(C)OC(=O)N1CCC(CC(=O)N2CCC(C3CCN(C4c5ncc(Br)cc5CCc5cc(Cl)cc(Br)c54)CC3)CC2)CC1. The molecule has 4 aliphatic rings. The van der Waals surface area contributed by atoms with Gasteiger partial charge in [0, 0.05) is 52.8 Å². The lowest BCUT2D eigenvalue weighted by Gasteiger charge is -2.43. The Hall–Kier alpha value is -1.68. The van der Waals surface area contributed by atoms with Gasteiger partial charge in [-0.2, -0.15) is 0 Å². The molecule has 0 spiro atoms. The minimum atomic E-state index is -0.484. The van der Waals surface area contributed by atoms with E-state index in [1.165, 1.54) is 35.2 Å². The predicted molar refractivity (Wildman–Crippen MR) is 189 cm³/mol. The monoisotopic (exact) mass is 776 g/mol. The molecular weight excluding hydrogens is 732 g/mol. The van der Waals surface area contributed by atoms with Crippen LogP contribution in [0.1, 0.15) is 94.1 Å². The first-order chi connectivity index (χ1) is 21.9. The van der Waals surface area contributed by atoms with E-state index in [4.69, 9.17) is 21.3 Å². The van der Waals surface area contributed by atoms with E-state index in [2.05, 4.69) is 53.8 Å². The number of hydrogen-bond acceptors (Lipinski definition) is 5. The molecule has 7 nitrogen and oxygen atoms in total. The Morgan fingerprint density at radius 2 is 1.48 bits per heavy atom. The van der Waals surface area contributed by atoms with Crippen LogP contribution in [0, 0.1) is 17.8 Å². The van der Waals surface area contributed by atoms with Crippen LogP contribution in [-0.4, -0.2) is 76.6 Å². The number of aryl methyl sites for hydroxylation is 2. The molecule has 3 fully saturated rings. The predicted octanol–water partition coefficient (Wildman–Crippen LogP) is 8.44. The number of likely N-dealkylation sites (tertiary alicyclic amines) is 3. The minimum Gasteiger partial charge on any atom is -0.444 e. The minimum absolute atomic E-state index is 0.115. The van der Waals surface area contributed by atoms with Crippen LogP contribution in [0.4, 0.5) is 4.79 Å². The van der Waals surface area contributed by atoms with Crippen LogP contribution in [0.3, 0.4) is 0 Å². The van der Waals surface area contributed by atoms with Crippen LogP contribution in [0.15, 0.2) is 33.3 Å². The fourth-order valence-corrected chi connectivity index (χ4v) is 9.61. The number of carbonyl (C=O) groups excluding carboxylic acids is 2. The summed E-state index contributed by atoms with van der Waals surface area (Å²) >= 11 is 14.0. The first kappa shape index (κ1) is 34.2. The van der Waals surface area contributed by atoms with E-state index in [0.717, 1.165) is 78.7 Å². The highest BCUT2D eigenvalue weighted by molar-refractivity contribution is 9.10. The van der Waals surface area contributed by atoms with E-state index in [1.807, 2.05) is 33.0 Å². The lowest BCUT2D eigenvalue weighted by molar-refractivity contribution is -0.134. The largest absolute Gasteiger partial charge is 0.444 e. The molecule has 3 saturated heterocycles. The van der Waals surface area contributed by atoms with Gasteiger partial charge in [0.2, 0.25) is 5.91 Å². The maximum Gasteiger partial charge on any atom is 0.410 e. The van der Waals surface area contributed by atoms with Crippen molar-refractivity contribution in [1.82, 2.24) is 19.7 Å². The van der Waals surface area contributed by atoms with Gasteiger partial charge in [-0.25, -0.2) is 4.79 Å². The first-order valence-corrected chi connectivity index (χ1v) is 19.0. The number of pyridine rings is 1. The zero-order chi connectivity index (χ0) is 32.6. The number of amides is 2. The molecule has 0 radical (unpaired) electrons. The van der Waals surface area contributed by atoms with Crippen molar-refractivity contribution < 1.29 is 14.3 Å². The highest BCUT2D eigenvalue weighted by Gasteiger charge is 2.37. The van der Waals surface area contributed by atoms with Gasteiger partial charge in [-0.05, 0) is 154 Å². The van der Waals surface area contributed by atoms with Gasteiger partial charge in [0.25, 0.3) is 0 Å². The number of piperidine rings is 3. The van der Waals surface area contributed by atoms with Crippen molar-refractivity contribution in [3.8, 4) is 0 Å². The third kappa shape index (κ3) is 7.95. The number of aromatic nitrogens is 1. The fourth-order valence-electron chi connectivity index (χ4n) is 8.14. The van der Waals surface area contributed by atoms with Gasteiger partial charge in [0.05, 0.1) is 11.7 Å². The number of rotatable bonds is 4. The van der Waals surface area contributed by atoms with Crippen LogP contribution >= 0.6 is 43.5 Å². The number of benzene rings is 1. The average molecular weight is 779 g/mol. The topological polar surface area (TPSA) is 66.0 Å². The molecule has 10 heteroatoms. The number of halogens is 3. The van der Waals surface area contributed by atoms with Crippen LogP contribution in [-0.2, 0) is 22.4 Å². The van der Waals surface area contributed by atoms with Gasteiger partial charge in [-0.1, -0.05) is 27.5 Å². The molecule has 1 aromatic heterocycles. The second kappa shape index (κ2) is 14.4. The molecule has 4 heterocycles. The first-order valence-electron chi connectivity index (χ1n) is 17.1. The quantitative estimate of drug-likeness (QED) is 0.312. The average Bonchev–Trinajstić information content (AvgIpc) is 3.17. The van der Waals surface area contributed by atoms with Crippen molar-refractivity contribution in [2.24, 2.45) is 17.8 Å². The second-order valence-electron chi connectivity index (χ2n) is 14.8. The number of ether oxygens (including phenoxy) is 1. The van der Waals surface area contributed by atoms with Crippen LogP contribution in [0.5, 0.6) is 0 Å². The summed E-state index contributed by atoms with van der Waals surface area (Å²) in [7, 11) is 0. The van der Waals surface area contributed by atoms with Crippen molar-refractivity contribution >= 4 is 55.5 Å². The Kier molecular flexibility index (Phi) is 10.7. The van der Waals surface area contributed by atoms with E-state index in [-0.39, 0.29) is 12.1 Å². The smallest absolute Gasteiger partial charge is 0.410 e. The molecule has 0 bridgehead atoms. The lowest BCUT2D eigenvalue weighted by Crippen LogP contribution is -2.45. The summed E-state index contributed by atoms with van der Waals surface area (Å²) in [6.07, 6.45) is 10.5. The van der Waals surface area contributed by atoms with Crippen molar-refractivity contribution in [1.29, 1.82) is 0 Å². The van der Waals surface area contributed by atoms with Crippen LogP contribution in [0.2, 0.25) is 5.02 Å². The molecule has 250 valence electrons. The molecule has 1 atom stereocenters. The van der Waals surface area contributed by atoms with Crippen molar-refractivity contribution in [2.45, 2.75) is 90.2 Å². The molecule has 1 aromatic carbocycles. The zero-order valence-corrected chi connectivity index (χ0v) is 31.3. The Balaban J connectivity index is 1.01. The molecular formula is C36H47Br2ClN4O3. The molecule has 0 saturated carbocycles. The molecule has 2 amide bonds. The Morgan fingerprint density at radius 1 is 0.870 bits per heavy atom. The summed E-state index contributed by atoms with van der Waals surface area (Å²) in [6, 6.07) is 6.53. The normalized spacial score (nSPS) is 22.3. The molecule has 1 unspecified atom stereocenters. The summed E-state index contributed by atoms with van der Waals surface area (Å²) in [5.41, 5.74) is 4.63. The standard InChI is InChI=1S/C36H47Br2ClN4O3/c1-36(2,3)46-35(45)43-12-6-23(7-13-43)18-31(44)41-14-8-24(9-15-41)25-10-16-42(17-11-25)34-32-26(20-29(39)21-30(32)38)4-5-27-19-28(37)22-40-33(27)34/h19-25,34H,4-18H2,1-3H3. The molecule has 6 rings (SSSR count). The van der Waals surface area contributed by atoms with E-state index < -0.39 is 5.60 Å². The van der Waals surface area contributed by atoms with Gasteiger partial charge in [-0.15, -0.1) is 0 Å². The van der Waals surface area contributed by atoms with Gasteiger partial charge in [0.15, 0.2) is 0 Å². The summed E-state index contributed by atoms with van der Waals surface area (Å²) in [5.74, 6) is 2.01. The zero-order valence-electron chi connectivity index (χ0n) is 27.4. The van der Waals surface area contributed by atoms with Gasteiger partial charge in [-0.3, -0.25) is 14.7 Å². The number of nitrogens with zero attached hydrogens (tertiary/aromatic N) is 4. The molecule has 46 heavy (non-hydrogen) atoms. The van der Waals surface area contributed by atoms with Crippen LogP contribution < -0.4 is 0 Å². The number of fused-ring (bicyclic) bond motifs is 2. The molecule has 2 aromatic rings. The third-order valence-corrected chi connectivity index (χ3v) is 11.9. The summed E-state index contributed by atoms with van der Waals surface area (Å²) in [4.78, 5) is 37.2. The van der Waals surface area contributed by atoms with E-state index in [1.54, 1.807) is 4.90 Å². The fraction of sp³-hybridized carbons (Fsp3) is 0.639. The van der Waals surface area contributed by atoms with E-state index in [0.29, 0.717) is 43.2 Å². The van der Waals surface area contributed by atoms with Gasteiger partial charge < -0.3 is 14.5 Å². The van der Waals surface area contributed by atoms with E-state index in [9.17, 15) is 9.59 Å². The number of hydrogen-bond donors (Lipinski definition) is 0. The summed E-state index contributed by atoms with van der Waals surface area (Å²) in [5, 5.41) is 0.775. The highest BCUT2D eigenvalue weighted by atomic mass is 79.9. The maximum atomic E-state index is 13.3.